The molecule has 17 heavy (non-hydrogen) atoms. The Morgan fingerprint density at radius 2 is 2.41 bits per heavy atom. The van der Waals surface area contributed by atoms with E-state index in [1.165, 1.54) is 0 Å². The van der Waals surface area contributed by atoms with Gasteiger partial charge < -0.3 is 5.32 Å². The SMILES string of the molecule is CC#CC(=O)NCc1[nH]nc2ccc(Cl)cc12. The molecule has 1 aromatic heterocycles. The van der Waals surface area contributed by atoms with Crippen molar-refractivity contribution in [3.8, 4) is 11.8 Å². The highest BCUT2D eigenvalue weighted by Crippen LogP contribution is 2.20. The molecule has 5 heteroatoms. The fourth-order valence-corrected chi connectivity index (χ4v) is 1.67. The summed E-state index contributed by atoms with van der Waals surface area (Å²) in [5, 5.41) is 11.2. The number of carbonyl (C=O) groups is 1. The van der Waals surface area contributed by atoms with Gasteiger partial charge in [-0.3, -0.25) is 9.89 Å². The highest BCUT2D eigenvalue weighted by atomic mass is 35.5. The van der Waals surface area contributed by atoms with Gasteiger partial charge in [-0.1, -0.05) is 17.5 Å². The van der Waals surface area contributed by atoms with Crippen LogP contribution in [0.15, 0.2) is 18.2 Å². The lowest BCUT2D eigenvalue weighted by Crippen LogP contribution is -2.21. The maximum Gasteiger partial charge on any atom is 0.296 e. The molecule has 2 aromatic rings. The lowest BCUT2D eigenvalue weighted by atomic mass is 10.2. The van der Waals surface area contributed by atoms with Crippen LogP contribution in [0.2, 0.25) is 5.02 Å². The average molecular weight is 248 g/mol. The van der Waals surface area contributed by atoms with E-state index in [9.17, 15) is 4.79 Å². The number of amides is 1. The molecule has 86 valence electrons. The van der Waals surface area contributed by atoms with Crippen molar-refractivity contribution in [1.82, 2.24) is 15.5 Å². The Balaban J connectivity index is 2.20. The third kappa shape index (κ3) is 2.58. The summed E-state index contributed by atoms with van der Waals surface area (Å²) in [6, 6.07) is 5.41. The van der Waals surface area contributed by atoms with Gasteiger partial charge in [-0.2, -0.15) is 5.10 Å². The summed E-state index contributed by atoms with van der Waals surface area (Å²) in [6.45, 7) is 1.97. The first kappa shape index (κ1) is 11.5. The van der Waals surface area contributed by atoms with Gasteiger partial charge in [0.05, 0.1) is 17.8 Å². The van der Waals surface area contributed by atoms with Gasteiger partial charge in [0, 0.05) is 10.4 Å². The molecular weight excluding hydrogens is 238 g/mol. The van der Waals surface area contributed by atoms with Crippen molar-refractivity contribution in [2.45, 2.75) is 13.5 Å². The van der Waals surface area contributed by atoms with Crippen molar-refractivity contribution in [3.05, 3.63) is 28.9 Å². The van der Waals surface area contributed by atoms with Crippen molar-refractivity contribution >= 4 is 28.4 Å². The number of nitrogens with zero attached hydrogens (tertiary/aromatic N) is 1. The van der Waals surface area contributed by atoms with E-state index >= 15 is 0 Å². The van der Waals surface area contributed by atoms with Crippen LogP contribution in [0.5, 0.6) is 0 Å². The topological polar surface area (TPSA) is 57.8 Å². The Bertz CT molecular complexity index is 621. The van der Waals surface area contributed by atoms with Crippen LogP contribution in [0.1, 0.15) is 12.6 Å². The zero-order chi connectivity index (χ0) is 12.3. The third-order valence-corrected chi connectivity index (χ3v) is 2.49. The van der Waals surface area contributed by atoms with E-state index in [4.69, 9.17) is 11.6 Å². The number of halogens is 1. The average Bonchev–Trinajstić information content (AvgIpc) is 2.69. The molecule has 2 rings (SSSR count). The molecule has 0 radical (unpaired) electrons. The second-order valence-corrected chi connectivity index (χ2v) is 3.86. The Kier molecular flexibility index (Phi) is 3.31. The van der Waals surface area contributed by atoms with Crippen molar-refractivity contribution in [2.24, 2.45) is 0 Å². The predicted octanol–water partition coefficient (Wildman–Crippen LogP) is 1.86. The van der Waals surface area contributed by atoms with Gasteiger partial charge in [-0.15, -0.1) is 0 Å². The molecule has 0 aliphatic rings. The molecule has 0 fully saturated rings. The number of hydrogen-bond donors (Lipinski definition) is 2. The number of aromatic nitrogens is 2. The summed E-state index contributed by atoms with van der Waals surface area (Å²) in [5.74, 6) is 4.63. The number of H-pyrrole nitrogens is 1. The van der Waals surface area contributed by atoms with Gasteiger partial charge in [0.2, 0.25) is 0 Å². The Morgan fingerprint density at radius 1 is 1.59 bits per heavy atom. The highest BCUT2D eigenvalue weighted by molar-refractivity contribution is 6.31. The summed E-state index contributed by atoms with van der Waals surface area (Å²) in [4.78, 5) is 11.2. The van der Waals surface area contributed by atoms with Gasteiger partial charge in [0.1, 0.15) is 0 Å². The van der Waals surface area contributed by atoms with Crippen LogP contribution >= 0.6 is 11.6 Å². The monoisotopic (exact) mass is 247 g/mol. The number of aromatic amines is 1. The minimum Gasteiger partial charge on any atom is -0.340 e. The van der Waals surface area contributed by atoms with E-state index in [1.807, 2.05) is 12.1 Å². The smallest absolute Gasteiger partial charge is 0.296 e. The second kappa shape index (κ2) is 4.89. The first-order valence-electron chi connectivity index (χ1n) is 5.04. The molecule has 0 atom stereocenters. The molecule has 0 aliphatic heterocycles. The quantitative estimate of drug-likeness (QED) is 0.796. The molecule has 0 bridgehead atoms. The number of carbonyl (C=O) groups excluding carboxylic acids is 1. The van der Waals surface area contributed by atoms with Crippen LogP contribution in [0, 0.1) is 11.8 Å². The van der Waals surface area contributed by atoms with Crippen LogP contribution in [-0.2, 0) is 11.3 Å². The number of rotatable bonds is 2. The van der Waals surface area contributed by atoms with Crippen LogP contribution in [0.4, 0.5) is 0 Å². The summed E-state index contributed by atoms with van der Waals surface area (Å²) < 4.78 is 0. The minimum absolute atomic E-state index is 0.308. The molecule has 1 heterocycles. The Labute approximate surface area is 103 Å². The zero-order valence-corrected chi connectivity index (χ0v) is 9.93. The van der Waals surface area contributed by atoms with Gasteiger partial charge in [0.15, 0.2) is 0 Å². The second-order valence-electron chi connectivity index (χ2n) is 3.42. The molecule has 0 aliphatic carbocycles. The number of fused-ring (bicyclic) bond motifs is 1. The van der Waals surface area contributed by atoms with E-state index in [0.29, 0.717) is 11.6 Å². The van der Waals surface area contributed by atoms with Crippen LogP contribution < -0.4 is 5.32 Å². The number of benzene rings is 1. The largest absolute Gasteiger partial charge is 0.340 e. The van der Waals surface area contributed by atoms with E-state index < -0.39 is 0 Å². The van der Waals surface area contributed by atoms with Crippen molar-refractivity contribution in [1.29, 1.82) is 0 Å². The van der Waals surface area contributed by atoms with Crippen LogP contribution in [0.3, 0.4) is 0 Å². The number of hydrogen-bond acceptors (Lipinski definition) is 2. The van der Waals surface area contributed by atoms with Crippen molar-refractivity contribution in [3.63, 3.8) is 0 Å². The lowest BCUT2D eigenvalue weighted by Gasteiger charge is -1.99. The fraction of sp³-hybridized carbons (Fsp3) is 0.167. The minimum atomic E-state index is -0.308. The van der Waals surface area contributed by atoms with Crippen molar-refractivity contribution < 1.29 is 4.79 Å². The molecule has 0 spiro atoms. The predicted molar refractivity (Wildman–Crippen MR) is 66.4 cm³/mol. The maximum atomic E-state index is 11.2. The fourth-order valence-electron chi connectivity index (χ4n) is 1.50. The molecule has 2 N–H and O–H groups in total. The summed E-state index contributed by atoms with van der Waals surface area (Å²) >= 11 is 5.91. The lowest BCUT2D eigenvalue weighted by molar-refractivity contribution is -0.115. The molecule has 4 nitrogen and oxygen atoms in total. The molecule has 0 saturated heterocycles. The van der Waals surface area contributed by atoms with Gasteiger partial charge in [0.25, 0.3) is 5.91 Å². The molecular formula is C12H10ClN3O. The third-order valence-electron chi connectivity index (χ3n) is 2.26. The maximum absolute atomic E-state index is 11.2. The van der Waals surface area contributed by atoms with Crippen LogP contribution in [-0.4, -0.2) is 16.1 Å². The molecule has 1 aromatic carbocycles. The van der Waals surface area contributed by atoms with Gasteiger partial charge >= 0.3 is 0 Å². The molecule has 0 unspecified atom stereocenters. The Morgan fingerprint density at radius 3 is 3.18 bits per heavy atom. The van der Waals surface area contributed by atoms with E-state index in [2.05, 4.69) is 27.4 Å². The zero-order valence-electron chi connectivity index (χ0n) is 9.17. The standard InChI is InChI=1S/C12H10ClN3O/c1-2-3-12(17)14-7-11-9-6-8(13)4-5-10(9)15-16-11/h4-6H,7H2,1H3,(H,14,17)(H,15,16). The summed E-state index contributed by atoms with van der Waals surface area (Å²) in [5.41, 5.74) is 1.63. The van der Waals surface area contributed by atoms with E-state index in [-0.39, 0.29) is 5.91 Å². The van der Waals surface area contributed by atoms with E-state index in [1.54, 1.807) is 13.0 Å². The Hall–Kier alpha value is -1.99. The van der Waals surface area contributed by atoms with E-state index in [0.717, 1.165) is 16.6 Å². The summed E-state index contributed by atoms with van der Waals surface area (Å²) in [6.07, 6.45) is 0. The van der Waals surface area contributed by atoms with Crippen molar-refractivity contribution in [2.75, 3.05) is 0 Å². The van der Waals surface area contributed by atoms with Crippen LogP contribution in [0.25, 0.3) is 10.9 Å². The molecule has 0 saturated carbocycles. The highest BCUT2D eigenvalue weighted by Gasteiger charge is 2.06. The number of nitrogens with one attached hydrogen (secondary N) is 2. The molecule has 1 amide bonds. The first-order valence-corrected chi connectivity index (χ1v) is 5.41. The normalized spacial score (nSPS) is 9.76. The first-order chi connectivity index (χ1) is 8.20. The summed E-state index contributed by atoms with van der Waals surface area (Å²) in [7, 11) is 0. The van der Waals surface area contributed by atoms with Gasteiger partial charge in [-0.05, 0) is 31.0 Å². The van der Waals surface area contributed by atoms with Gasteiger partial charge in [-0.25, -0.2) is 0 Å².